The Morgan fingerprint density at radius 2 is 0.802 bits per heavy atom. The highest BCUT2D eigenvalue weighted by Gasteiger charge is 2.26. The molecule has 1 aliphatic rings. The Hall–Kier alpha value is -11.4. The lowest BCUT2D eigenvalue weighted by molar-refractivity contribution is 0.158. The number of rotatable bonds is 30. The van der Waals surface area contributed by atoms with Crippen molar-refractivity contribution in [2.75, 3.05) is 83.7 Å². The number of halogens is 3. The van der Waals surface area contributed by atoms with Gasteiger partial charge in [0.25, 0.3) is 17.6 Å². The van der Waals surface area contributed by atoms with E-state index in [1.807, 2.05) is 90.9 Å². The number of ether oxygens (including phenoxy) is 7. The van der Waals surface area contributed by atoms with E-state index in [4.69, 9.17) is 105 Å². The van der Waals surface area contributed by atoms with Crippen LogP contribution in [0.3, 0.4) is 0 Å². The van der Waals surface area contributed by atoms with Gasteiger partial charge >= 0.3 is 6.09 Å². The Morgan fingerprint density at radius 1 is 0.441 bits per heavy atom. The number of unbranched alkanes of at least 4 members (excludes halogenated alkanes) is 3. The molecule has 0 radical (unpaired) electrons. The fraction of sp³-hybridized carbons (Fsp3) is 0.346. The molecule has 0 atom stereocenters. The van der Waals surface area contributed by atoms with Gasteiger partial charge in [0.1, 0.15) is 45.2 Å². The molecule has 0 saturated carbocycles. The van der Waals surface area contributed by atoms with E-state index in [0.29, 0.717) is 124 Å². The van der Waals surface area contributed by atoms with Crippen molar-refractivity contribution in [3.05, 3.63) is 198 Å². The normalized spacial score (nSPS) is 13.0. The Labute approximate surface area is 656 Å². The van der Waals surface area contributed by atoms with E-state index in [9.17, 15) is 4.79 Å². The highest BCUT2D eigenvalue weighted by atomic mass is 35.5. The molecule has 0 spiro atoms. The number of oxime groups is 3. The molecule has 0 bridgehead atoms. The maximum atomic E-state index is 11.8. The molecule has 584 valence electrons. The van der Waals surface area contributed by atoms with E-state index in [1.165, 1.54) is 21.3 Å². The van der Waals surface area contributed by atoms with E-state index in [0.717, 1.165) is 138 Å². The number of fused-ring (bicyclic) bond motifs is 3. The van der Waals surface area contributed by atoms with Crippen LogP contribution in [0.25, 0.3) is 49.6 Å². The molecule has 30 heteroatoms. The molecule has 6 heterocycles. The number of carbonyl (C=O) groups is 1. The summed E-state index contributed by atoms with van der Waals surface area (Å²) in [6.07, 6.45) is 12.4. The third kappa shape index (κ3) is 19.4. The van der Waals surface area contributed by atoms with Gasteiger partial charge in [0.05, 0.1) is 82.1 Å². The van der Waals surface area contributed by atoms with Gasteiger partial charge in [-0.1, -0.05) is 73.7 Å². The third-order valence-corrected chi connectivity index (χ3v) is 18.9. The third-order valence-electron chi connectivity index (χ3n) is 18.1. The van der Waals surface area contributed by atoms with Crippen molar-refractivity contribution in [2.24, 2.45) is 15.5 Å². The number of methoxy groups -OCH3 is 6. The van der Waals surface area contributed by atoms with Crippen molar-refractivity contribution in [1.29, 1.82) is 0 Å². The largest absolute Gasteiger partial charge is 0.496 e. The number of carbonyl (C=O) groups excluding carboxylic acids is 1. The highest BCUT2D eigenvalue weighted by Crippen LogP contribution is 2.41. The second-order valence-corrected chi connectivity index (χ2v) is 26.8. The Kier molecular flexibility index (Phi) is 28.3. The summed E-state index contributed by atoms with van der Waals surface area (Å²) in [5.41, 5.74) is 18.2. The zero-order valence-corrected chi connectivity index (χ0v) is 67.3. The summed E-state index contributed by atoms with van der Waals surface area (Å²) in [7, 11) is 13.9. The molecule has 6 aromatic carbocycles. The molecule has 111 heavy (non-hydrogen) atoms. The number of aryl methyl sites for hydroxylation is 10. The molecule has 0 unspecified atom stereocenters. The quantitative estimate of drug-likeness (QED) is 0.0229. The first kappa shape index (κ1) is 82.1. The van der Waals surface area contributed by atoms with E-state index in [2.05, 4.69) is 99.8 Å². The Balaban J connectivity index is 0.000000177. The van der Waals surface area contributed by atoms with Crippen LogP contribution in [0.5, 0.6) is 34.9 Å². The number of benzene rings is 6. The van der Waals surface area contributed by atoms with Crippen LogP contribution in [0, 0.1) is 55.4 Å². The summed E-state index contributed by atoms with van der Waals surface area (Å²) in [6, 6.07) is 24.3. The number of amides is 1. The number of nitrogens with zero attached hydrogens (tertiary/aromatic N) is 11. The van der Waals surface area contributed by atoms with Crippen molar-refractivity contribution in [3.8, 4) is 34.9 Å². The summed E-state index contributed by atoms with van der Waals surface area (Å²) in [5.74, 6) is 5.64. The summed E-state index contributed by atoms with van der Waals surface area (Å²) in [4.78, 5) is 32.6. The van der Waals surface area contributed by atoms with Crippen molar-refractivity contribution in [3.63, 3.8) is 0 Å². The summed E-state index contributed by atoms with van der Waals surface area (Å²) >= 11 is 19.4. The lowest BCUT2D eigenvalue weighted by Gasteiger charge is -2.16. The zero-order chi connectivity index (χ0) is 79.6. The first-order valence-corrected chi connectivity index (χ1v) is 36.5. The van der Waals surface area contributed by atoms with Gasteiger partial charge in [-0.2, -0.15) is 4.98 Å². The number of aromatic nitrogens is 7. The maximum Gasteiger partial charge on any atom is 0.409 e. The van der Waals surface area contributed by atoms with Crippen LogP contribution >= 0.6 is 34.8 Å². The predicted octanol–water partition coefficient (Wildman–Crippen LogP) is 18.0. The standard InChI is InChI=1S/2C27H29ClN4O5.C27H30ClN3O6/c1-15-11-18(13-21(24(15)33-4)26(28)31-35-6)20(9-7-8-10-23-30-29-17(3)36-23)19-12-16(2)25-22(14-19)27(34-5)32-37-25;1-15-11-18(13-21(24(15)33-4)26(28)31-35-6)20(9-7-8-10-23-29-17(3)30-36-23)19-12-16(2)25-22(14-19)27(34-5)32-37-25;1-16-12-18(14-21(23(16)33-3)25(28)29-35-5)20(8-6-7-9-31-10-11-36-27(31)32)19-13-17(2)24-22(15-19)26(34-4)30-37-24/h2*9,11-14H,7-8,10H2,1-6H3;8,12-15H,6-7,9-11H2,1-5H3/b2*20-9+,31-26-;20-8+,29-25-. The van der Waals surface area contributed by atoms with Crippen molar-refractivity contribution in [1.82, 2.24) is 40.7 Å². The van der Waals surface area contributed by atoms with Crippen LogP contribution in [0.1, 0.15) is 145 Å². The highest BCUT2D eigenvalue weighted by molar-refractivity contribution is 6.70. The monoisotopic (exact) mass is 1580 g/mol. The molecule has 5 aromatic heterocycles. The molecule has 1 amide bonds. The van der Waals surface area contributed by atoms with Crippen LogP contribution < -0.4 is 28.4 Å². The number of cyclic esters (lactones) is 1. The second-order valence-electron chi connectivity index (χ2n) is 25.7. The van der Waals surface area contributed by atoms with Gasteiger partial charge in [-0.15, -0.1) is 10.2 Å². The molecule has 0 aliphatic carbocycles. The van der Waals surface area contributed by atoms with Gasteiger partial charge in [-0.25, -0.2) is 4.79 Å². The van der Waals surface area contributed by atoms with Crippen LogP contribution in [0.4, 0.5) is 4.79 Å². The van der Waals surface area contributed by atoms with Gasteiger partial charge < -0.3 is 75.1 Å². The van der Waals surface area contributed by atoms with E-state index in [1.54, 1.807) is 54.5 Å². The van der Waals surface area contributed by atoms with Crippen LogP contribution in [0.15, 0.2) is 129 Å². The van der Waals surface area contributed by atoms with E-state index >= 15 is 0 Å². The molecular formula is C81H88Cl3N11O16. The molecule has 1 saturated heterocycles. The van der Waals surface area contributed by atoms with Gasteiger partial charge in [0, 0.05) is 26.3 Å². The molecule has 12 rings (SSSR count). The fourth-order valence-electron chi connectivity index (χ4n) is 13.2. The minimum absolute atomic E-state index is 0.184. The van der Waals surface area contributed by atoms with Gasteiger partial charge in [0.15, 0.2) is 38.1 Å². The molecular weight excluding hydrogens is 1490 g/mol. The molecule has 1 fully saturated rings. The average molecular weight is 1580 g/mol. The van der Waals surface area contributed by atoms with Crippen LogP contribution in [0.2, 0.25) is 0 Å². The predicted molar refractivity (Wildman–Crippen MR) is 425 cm³/mol. The maximum absolute atomic E-state index is 11.8. The van der Waals surface area contributed by atoms with Crippen molar-refractivity contribution in [2.45, 2.75) is 107 Å². The van der Waals surface area contributed by atoms with Gasteiger partial charge in [-0.05, 0) is 259 Å². The lowest BCUT2D eigenvalue weighted by atomic mass is 9.91. The van der Waals surface area contributed by atoms with E-state index < -0.39 is 0 Å². The SMILES string of the molecule is CO/N=C(\Cl)c1cc(/C(=C\CCCN2CCOC2=O)c2cc(C)c3onc(OC)c3c2)cc(C)c1OC.CO/N=C(\Cl)c1cc(/C(=C\CCCc2nc(C)no2)c2cc(C)c3onc(OC)c3c2)cc(C)c1OC.CO/N=C(\Cl)c1cc(/C(=C\CCCc2nnc(C)o2)c2cc(C)c3onc(OC)c3c2)cc(C)c1OC. The van der Waals surface area contributed by atoms with Gasteiger partial charge in [0.2, 0.25) is 17.7 Å². The number of hydrogen-bond acceptors (Lipinski definition) is 26. The first-order valence-electron chi connectivity index (χ1n) is 35.4. The van der Waals surface area contributed by atoms with Gasteiger partial charge in [-0.3, -0.25) is 0 Å². The topological polar surface area (TPSA) is 306 Å². The molecule has 27 nitrogen and oxygen atoms in total. The summed E-state index contributed by atoms with van der Waals surface area (Å²) in [6.45, 7) is 17.1. The first-order chi connectivity index (χ1) is 53.6. The molecule has 0 N–H and O–H groups in total. The minimum Gasteiger partial charge on any atom is -0.496 e. The number of hydrogen-bond donors (Lipinski definition) is 0. The van der Waals surface area contributed by atoms with E-state index in [-0.39, 0.29) is 21.6 Å². The van der Waals surface area contributed by atoms with Crippen LogP contribution in [-0.4, -0.2) is 146 Å². The molecule has 1 aliphatic heterocycles. The average Bonchev–Trinajstić information content (AvgIpc) is 1.76. The number of allylic oxidation sites excluding steroid dienone is 3. The fourth-order valence-corrected chi connectivity index (χ4v) is 13.8. The Morgan fingerprint density at radius 3 is 1.12 bits per heavy atom. The van der Waals surface area contributed by atoms with Crippen LogP contribution in [-0.2, 0) is 32.1 Å². The molecule has 11 aromatic rings. The lowest BCUT2D eigenvalue weighted by Crippen LogP contribution is -2.25. The second kappa shape index (κ2) is 38.3. The minimum atomic E-state index is -0.257. The van der Waals surface area contributed by atoms with Crippen molar-refractivity contribution < 1.29 is 75.0 Å². The zero-order valence-electron chi connectivity index (χ0n) is 65.0. The smallest absolute Gasteiger partial charge is 0.409 e. The summed E-state index contributed by atoms with van der Waals surface area (Å²) in [5, 5.41) is 38.7. The Bertz CT molecular complexity index is 5120. The summed E-state index contributed by atoms with van der Waals surface area (Å²) < 4.78 is 65.5. The van der Waals surface area contributed by atoms with Crippen molar-refractivity contribution >= 4 is 106 Å².